The largest absolute Gasteiger partial charge is 0.459 e. The van der Waals surface area contributed by atoms with Gasteiger partial charge in [0.1, 0.15) is 11.9 Å². The van der Waals surface area contributed by atoms with Gasteiger partial charge in [-0.2, -0.15) is 0 Å². The molecular weight excluding hydrogens is 276 g/mol. The fourth-order valence-corrected chi connectivity index (χ4v) is 4.94. The van der Waals surface area contributed by atoms with Crippen LogP contribution in [0.3, 0.4) is 0 Å². The number of ketones is 1. The van der Waals surface area contributed by atoms with Gasteiger partial charge in [-0.15, -0.1) is 0 Å². The van der Waals surface area contributed by atoms with Gasteiger partial charge in [-0.3, -0.25) is 4.79 Å². The van der Waals surface area contributed by atoms with Crippen LogP contribution < -0.4 is 0 Å². The van der Waals surface area contributed by atoms with Crippen molar-refractivity contribution < 1.29 is 14.3 Å². The van der Waals surface area contributed by atoms with Gasteiger partial charge in [-0.05, 0) is 62.0 Å². The van der Waals surface area contributed by atoms with Crippen molar-refractivity contribution >= 4 is 11.8 Å². The van der Waals surface area contributed by atoms with Gasteiger partial charge in [0.15, 0.2) is 0 Å². The van der Waals surface area contributed by atoms with Crippen LogP contribution in [-0.4, -0.2) is 17.9 Å². The van der Waals surface area contributed by atoms with Crippen molar-refractivity contribution in [3.05, 3.63) is 35.9 Å². The zero-order chi connectivity index (χ0) is 15.2. The second-order valence-corrected chi connectivity index (χ2v) is 7.34. The first-order valence-electron chi connectivity index (χ1n) is 8.45. The summed E-state index contributed by atoms with van der Waals surface area (Å²) in [6.07, 6.45) is 7.02. The molecule has 1 aromatic carbocycles. The van der Waals surface area contributed by atoms with Crippen LogP contribution in [0, 0.1) is 17.3 Å². The number of hydrogen-bond donors (Lipinski definition) is 0. The van der Waals surface area contributed by atoms with E-state index in [0.29, 0.717) is 17.3 Å². The van der Waals surface area contributed by atoms with Gasteiger partial charge in [0, 0.05) is 12.3 Å². The van der Waals surface area contributed by atoms with Crippen molar-refractivity contribution in [2.45, 2.75) is 51.0 Å². The Labute approximate surface area is 131 Å². The lowest BCUT2D eigenvalue weighted by atomic mass is 9.50. The molecule has 4 atom stereocenters. The van der Waals surface area contributed by atoms with Gasteiger partial charge in [0.2, 0.25) is 0 Å². The summed E-state index contributed by atoms with van der Waals surface area (Å²) < 4.78 is 5.73. The van der Waals surface area contributed by atoms with Gasteiger partial charge >= 0.3 is 5.97 Å². The Morgan fingerprint density at radius 2 is 1.86 bits per heavy atom. The number of fused-ring (bicyclic) bond motifs is 2. The third-order valence-electron chi connectivity index (χ3n) is 6.20. The maximum atomic E-state index is 12.2. The summed E-state index contributed by atoms with van der Waals surface area (Å²) in [5, 5.41) is 0. The molecule has 4 fully saturated rings. The number of benzene rings is 1. The minimum Gasteiger partial charge on any atom is -0.459 e. The molecule has 0 saturated heterocycles. The monoisotopic (exact) mass is 298 g/mol. The number of carbonyl (C=O) groups is 2. The number of carbonyl (C=O) groups excluding carboxylic acids is 2. The first-order valence-corrected chi connectivity index (χ1v) is 8.45. The maximum Gasteiger partial charge on any atom is 0.338 e. The number of Topliss-reactive ketones (excluding diaryl/α,β-unsaturated/α-hetero) is 1. The molecule has 1 unspecified atom stereocenters. The molecule has 22 heavy (non-hydrogen) atoms. The predicted octanol–water partition coefficient (Wildman–Crippen LogP) is 3.77. The molecule has 3 nitrogen and oxygen atoms in total. The predicted molar refractivity (Wildman–Crippen MR) is 82.4 cm³/mol. The van der Waals surface area contributed by atoms with Crippen LogP contribution >= 0.6 is 0 Å². The van der Waals surface area contributed by atoms with Crippen molar-refractivity contribution in [3.63, 3.8) is 0 Å². The minimum absolute atomic E-state index is 0.0257. The molecule has 0 aromatic heterocycles. The van der Waals surface area contributed by atoms with E-state index < -0.39 is 0 Å². The SMILES string of the molecule is O=C(OC1CC[C@@]23CC[C@@H](C[C@H]2C1)C(=O)C3)c1ccccc1. The first-order chi connectivity index (χ1) is 10.7. The van der Waals surface area contributed by atoms with Gasteiger partial charge in [0.25, 0.3) is 0 Å². The Hall–Kier alpha value is -1.64. The first kappa shape index (κ1) is 14.0. The Balaban J connectivity index is 1.43. The van der Waals surface area contributed by atoms with E-state index in [1.165, 1.54) is 6.42 Å². The zero-order valence-corrected chi connectivity index (χ0v) is 12.8. The van der Waals surface area contributed by atoms with Crippen molar-refractivity contribution in [1.29, 1.82) is 0 Å². The molecule has 4 saturated carbocycles. The highest BCUT2D eigenvalue weighted by Crippen LogP contribution is 2.58. The summed E-state index contributed by atoms with van der Waals surface area (Å²) in [7, 11) is 0. The lowest BCUT2D eigenvalue weighted by Crippen LogP contribution is -2.51. The molecule has 0 aliphatic heterocycles. The van der Waals surface area contributed by atoms with Crippen LogP contribution in [0.4, 0.5) is 0 Å². The molecule has 1 aromatic rings. The normalized spacial score (nSPS) is 36.7. The molecule has 0 N–H and O–H groups in total. The van der Waals surface area contributed by atoms with Gasteiger partial charge in [-0.25, -0.2) is 4.79 Å². The molecule has 0 amide bonds. The zero-order valence-electron chi connectivity index (χ0n) is 12.8. The van der Waals surface area contributed by atoms with Crippen molar-refractivity contribution in [1.82, 2.24) is 0 Å². The highest BCUT2D eigenvalue weighted by atomic mass is 16.5. The molecule has 116 valence electrons. The molecule has 3 heteroatoms. The lowest BCUT2D eigenvalue weighted by Gasteiger charge is -2.55. The molecule has 1 spiro atoms. The molecule has 5 rings (SSSR count). The molecule has 0 radical (unpaired) electrons. The van der Waals surface area contributed by atoms with E-state index in [9.17, 15) is 9.59 Å². The van der Waals surface area contributed by atoms with Gasteiger partial charge in [0.05, 0.1) is 5.56 Å². The molecule has 2 bridgehead atoms. The van der Waals surface area contributed by atoms with E-state index in [2.05, 4.69) is 0 Å². The Morgan fingerprint density at radius 3 is 2.64 bits per heavy atom. The summed E-state index contributed by atoms with van der Waals surface area (Å²) in [6.45, 7) is 0. The molecule has 0 heterocycles. The summed E-state index contributed by atoms with van der Waals surface area (Å²) in [4.78, 5) is 24.3. The second kappa shape index (κ2) is 5.22. The fourth-order valence-electron chi connectivity index (χ4n) is 4.94. The van der Waals surface area contributed by atoms with Crippen LogP contribution in [0.2, 0.25) is 0 Å². The third-order valence-corrected chi connectivity index (χ3v) is 6.20. The lowest BCUT2D eigenvalue weighted by molar-refractivity contribution is -0.145. The molecule has 4 aliphatic carbocycles. The van der Waals surface area contributed by atoms with E-state index in [0.717, 1.165) is 38.5 Å². The van der Waals surface area contributed by atoms with Crippen LogP contribution in [0.1, 0.15) is 55.3 Å². The molecular formula is C19H22O3. The topological polar surface area (TPSA) is 43.4 Å². The van der Waals surface area contributed by atoms with E-state index in [1.807, 2.05) is 18.2 Å². The standard InChI is InChI=1S/C19H22O3/c20-17-12-19-8-6-14(17)10-15(19)11-16(7-9-19)22-18(21)13-4-2-1-3-5-13/h1-5,14-16H,6-12H2/t14-,15-,16?,19+/m0/s1. The average molecular weight is 298 g/mol. The maximum absolute atomic E-state index is 12.2. The Kier molecular flexibility index (Phi) is 3.32. The van der Waals surface area contributed by atoms with Gasteiger partial charge < -0.3 is 4.74 Å². The van der Waals surface area contributed by atoms with E-state index in [-0.39, 0.29) is 23.4 Å². The quantitative estimate of drug-likeness (QED) is 0.781. The van der Waals surface area contributed by atoms with Gasteiger partial charge in [-0.1, -0.05) is 18.2 Å². The van der Waals surface area contributed by atoms with Crippen molar-refractivity contribution in [2.75, 3.05) is 0 Å². The van der Waals surface area contributed by atoms with E-state index in [1.54, 1.807) is 12.1 Å². The number of rotatable bonds is 2. The third kappa shape index (κ3) is 2.27. The molecule has 4 aliphatic rings. The van der Waals surface area contributed by atoms with Crippen LogP contribution in [-0.2, 0) is 9.53 Å². The second-order valence-electron chi connectivity index (χ2n) is 7.34. The summed E-state index contributed by atoms with van der Waals surface area (Å²) in [6, 6.07) is 9.22. The van der Waals surface area contributed by atoms with Crippen LogP contribution in [0.15, 0.2) is 30.3 Å². The Bertz CT molecular complexity index is 594. The van der Waals surface area contributed by atoms with Crippen LogP contribution in [0.5, 0.6) is 0 Å². The van der Waals surface area contributed by atoms with Crippen molar-refractivity contribution in [2.24, 2.45) is 17.3 Å². The number of esters is 1. The average Bonchev–Trinajstić information content (AvgIpc) is 2.55. The van der Waals surface area contributed by atoms with E-state index in [4.69, 9.17) is 4.74 Å². The fraction of sp³-hybridized carbons (Fsp3) is 0.579. The summed E-state index contributed by atoms with van der Waals surface area (Å²) >= 11 is 0. The number of hydrogen-bond acceptors (Lipinski definition) is 3. The van der Waals surface area contributed by atoms with Crippen molar-refractivity contribution in [3.8, 4) is 0 Å². The van der Waals surface area contributed by atoms with E-state index >= 15 is 0 Å². The highest BCUT2D eigenvalue weighted by Gasteiger charge is 2.53. The summed E-state index contributed by atoms with van der Waals surface area (Å²) in [5.74, 6) is 1.14. The highest BCUT2D eigenvalue weighted by molar-refractivity contribution is 5.89. The summed E-state index contributed by atoms with van der Waals surface area (Å²) in [5.41, 5.74) is 0.865. The van der Waals surface area contributed by atoms with Crippen LogP contribution in [0.25, 0.3) is 0 Å². The smallest absolute Gasteiger partial charge is 0.338 e. The number of ether oxygens (including phenoxy) is 1. The minimum atomic E-state index is -0.210. The Morgan fingerprint density at radius 1 is 1.09 bits per heavy atom.